The maximum atomic E-state index is 12.4. The molecule has 0 rings (SSSR count). The summed E-state index contributed by atoms with van der Waals surface area (Å²) in [5.41, 5.74) is 0. The highest BCUT2D eigenvalue weighted by Crippen LogP contribution is 2.16. The van der Waals surface area contributed by atoms with Gasteiger partial charge in [0.2, 0.25) is 5.91 Å². The fourth-order valence-electron chi connectivity index (χ4n) is 8.22. The van der Waals surface area contributed by atoms with E-state index in [0.29, 0.717) is 19.4 Å². The Labute approximate surface area is 368 Å². The molecule has 6 nitrogen and oxygen atoms in total. The molecule has 0 aromatic rings. The Kier molecular flexibility index (Phi) is 48.1. The van der Waals surface area contributed by atoms with Crippen molar-refractivity contribution in [2.75, 3.05) is 13.2 Å². The van der Waals surface area contributed by atoms with E-state index in [1.54, 1.807) is 6.08 Å². The number of amides is 1. The quantitative estimate of drug-likeness (QED) is 0.0322. The zero-order valence-electron chi connectivity index (χ0n) is 39.7. The maximum Gasteiger partial charge on any atom is 0.305 e. The molecule has 0 saturated heterocycles. The zero-order chi connectivity index (χ0) is 43.0. The molecule has 0 bridgehead atoms. The van der Waals surface area contributed by atoms with Crippen LogP contribution in [0.5, 0.6) is 0 Å². The summed E-state index contributed by atoms with van der Waals surface area (Å²) in [6.07, 6.45) is 56.4. The first kappa shape index (κ1) is 57.6. The highest BCUT2D eigenvalue weighted by Gasteiger charge is 2.18. The van der Waals surface area contributed by atoms with Crippen molar-refractivity contribution in [3.8, 4) is 0 Å². The molecule has 0 aliphatic carbocycles. The number of hydrogen-bond donors (Lipinski definition) is 3. The van der Waals surface area contributed by atoms with Crippen LogP contribution in [0.15, 0.2) is 12.2 Å². The van der Waals surface area contributed by atoms with Crippen molar-refractivity contribution in [1.29, 1.82) is 0 Å². The minimum atomic E-state index is -0.847. The van der Waals surface area contributed by atoms with E-state index in [2.05, 4.69) is 19.2 Å². The smallest absolute Gasteiger partial charge is 0.305 e. The Morgan fingerprint density at radius 3 is 1.15 bits per heavy atom. The first-order chi connectivity index (χ1) is 29.0. The van der Waals surface area contributed by atoms with Crippen LogP contribution in [0, 0.1) is 0 Å². The maximum absolute atomic E-state index is 12.4. The molecular formula is C53H103NO5. The highest BCUT2D eigenvalue weighted by atomic mass is 16.5. The number of hydrogen-bond acceptors (Lipinski definition) is 5. The van der Waals surface area contributed by atoms with Gasteiger partial charge in [-0.2, -0.15) is 0 Å². The van der Waals surface area contributed by atoms with E-state index >= 15 is 0 Å². The number of rotatable bonds is 49. The second-order valence-corrected chi connectivity index (χ2v) is 18.2. The van der Waals surface area contributed by atoms with Crippen molar-refractivity contribution in [2.45, 2.75) is 302 Å². The predicted octanol–water partition coefficient (Wildman–Crippen LogP) is 15.7. The molecule has 0 aliphatic heterocycles. The summed E-state index contributed by atoms with van der Waals surface area (Å²) in [6.45, 7) is 4.89. The average Bonchev–Trinajstić information content (AvgIpc) is 3.24. The van der Waals surface area contributed by atoms with Gasteiger partial charge in [-0.25, -0.2) is 0 Å². The molecule has 0 heterocycles. The molecule has 59 heavy (non-hydrogen) atoms. The van der Waals surface area contributed by atoms with Crippen molar-refractivity contribution in [3.63, 3.8) is 0 Å². The molecule has 0 fully saturated rings. The van der Waals surface area contributed by atoms with Gasteiger partial charge in [0.15, 0.2) is 0 Å². The largest absolute Gasteiger partial charge is 0.466 e. The second kappa shape index (κ2) is 49.3. The van der Waals surface area contributed by atoms with Gasteiger partial charge in [0.25, 0.3) is 0 Å². The van der Waals surface area contributed by atoms with Crippen molar-refractivity contribution in [2.24, 2.45) is 0 Å². The van der Waals surface area contributed by atoms with Crippen LogP contribution >= 0.6 is 0 Å². The Bertz CT molecular complexity index is 878. The standard InChI is InChI=1S/C53H103NO5/c1-3-5-7-9-11-13-15-17-22-25-29-33-37-41-45-51(56)50(49-55)54-52(57)46-42-38-34-30-26-23-20-18-19-21-24-28-32-36-40-44-48-59-53(58)47-43-39-35-31-27-16-14-12-10-8-6-4-2/h41,45,50-51,55-56H,3-40,42-44,46-49H2,1-2H3,(H,54,57)/b45-41+. The van der Waals surface area contributed by atoms with Crippen LogP contribution in [0.3, 0.4) is 0 Å². The van der Waals surface area contributed by atoms with E-state index in [0.717, 1.165) is 44.9 Å². The topological polar surface area (TPSA) is 95.9 Å². The minimum Gasteiger partial charge on any atom is -0.466 e. The lowest BCUT2D eigenvalue weighted by Gasteiger charge is -2.20. The molecule has 0 aromatic heterocycles. The summed E-state index contributed by atoms with van der Waals surface area (Å²) in [5, 5.41) is 23.0. The second-order valence-electron chi connectivity index (χ2n) is 18.2. The van der Waals surface area contributed by atoms with Gasteiger partial charge in [-0.1, -0.05) is 257 Å². The lowest BCUT2D eigenvalue weighted by atomic mass is 10.0. The Hall–Kier alpha value is -1.40. The van der Waals surface area contributed by atoms with Crippen molar-refractivity contribution in [3.05, 3.63) is 12.2 Å². The number of esters is 1. The third-order valence-corrected chi connectivity index (χ3v) is 12.3. The molecule has 2 atom stereocenters. The van der Waals surface area contributed by atoms with E-state index in [9.17, 15) is 19.8 Å². The number of allylic oxidation sites excluding steroid dienone is 1. The number of aliphatic hydroxyl groups excluding tert-OH is 2. The zero-order valence-corrected chi connectivity index (χ0v) is 39.7. The van der Waals surface area contributed by atoms with Crippen LogP contribution in [-0.2, 0) is 14.3 Å². The lowest BCUT2D eigenvalue weighted by molar-refractivity contribution is -0.143. The third-order valence-electron chi connectivity index (χ3n) is 12.3. The third kappa shape index (κ3) is 45.9. The van der Waals surface area contributed by atoms with Gasteiger partial charge in [-0.05, 0) is 32.1 Å². The molecule has 3 N–H and O–H groups in total. The van der Waals surface area contributed by atoms with Gasteiger partial charge >= 0.3 is 5.97 Å². The molecule has 2 unspecified atom stereocenters. The molecule has 0 spiro atoms. The molecule has 0 aliphatic rings. The Balaban J connectivity index is 3.45. The van der Waals surface area contributed by atoms with E-state index in [1.807, 2.05) is 6.08 Å². The van der Waals surface area contributed by atoms with Gasteiger partial charge in [-0.3, -0.25) is 9.59 Å². The van der Waals surface area contributed by atoms with Crippen LogP contribution in [0.2, 0.25) is 0 Å². The van der Waals surface area contributed by atoms with Gasteiger partial charge in [-0.15, -0.1) is 0 Å². The van der Waals surface area contributed by atoms with E-state index < -0.39 is 12.1 Å². The summed E-state index contributed by atoms with van der Waals surface area (Å²) in [7, 11) is 0. The normalized spacial score (nSPS) is 12.7. The number of aliphatic hydroxyl groups is 2. The fourth-order valence-corrected chi connectivity index (χ4v) is 8.22. The van der Waals surface area contributed by atoms with Crippen LogP contribution in [0.1, 0.15) is 290 Å². The molecule has 0 saturated carbocycles. The van der Waals surface area contributed by atoms with Crippen LogP contribution in [-0.4, -0.2) is 47.4 Å². The number of carbonyl (C=O) groups is 2. The van der Waals surface area contributed by atoms with E-state index in [1.165, 1.54) is 218 Å². The molecule has 0 radical (unpaired) electrons. The Morgan fingerprint density at radius 1 is 0.458 bits per heavy atom. The highest BCUT2D eigenvalue weighted by molar-refractivity contribution is 5.76. The molecule has 6 heteroatoms. The van der Waals surface area contributed by atoms with Crippen molar-refractivity contribution in [1.82, 2.24) is 5.32 Å². The van der Waals surface area contributed by atoms with Gasteiger partial charge in [0.05, 0.1) is 25.4 Å². The van der Waals surface area contributed by atoms with E-state index in [4.69, 9.17) is 4.74 Å². The van der Waals surface area contributed by atoms with Crippen molar-refractivity contribution >= 4 is 11.9 Å². The number of carbonyl (C=O) groups excluding carboxylic acids is 2. The number of unbranched alkanes of at least 4 members (excludes halogenated alkanes) is 38. The molecular weight excluding hydrogens is 731 g/mol. The summed E-state index contributed by atoms with van der Waals surface area (Å²) < 4.78 is 5.46. The number of ether oxygens (including phenoxy) is 1. The average molecular weight is 834 g/mol. The summed E-state index contributed by atoms with van der Waals surface area (Å²) in [5.74, 6) is -0.0708. The van der Waals surface area contributed by atoms with Gasteiger partial charge < -0.3 is 20.3 Å². The van der Waals surface area contributed by atoms with Crippen molar-refractivity contribution < 1.29 is 24.5 Å². The van der Waals surface area contributed by atoms with Crippen LogP contribution in [0.4, 0.5) is 0 Å². The lowest BCUT2D eigenvalue weighted by Crippen LogP contribution is -2.45. The molecule has 0 aromatic carbocycles. The first-order valence-corrected chi connectivity index (χ1v) is 26.5. The van der Waals surface area contributed by atoms with E-state index in [-0.39, 0.29) is 18.5 Å². The van der Waals surface area contributed by atoms with Gasteiger partial charge in [0.1, 0.15) is 0 Å². The Morgan fingerprint density at radius 2 is 0.780 bits per heavy atom. The van der Waals surface area contributed by atoms with Gasteiger partial charge in [0, 0.05) is 12.8 Å². The monoisotopic (exact) mass is 834 g/mol. The predicted molar refractivity (Wildman–Crippen MR) is 255 cm³/mol. The summed E-state index contributed by atoms with van der Waals surface area (Å²) in [4.78, 5) is 24.4. The number of nitrogens with one attached hydrogen (secondary N) is 1. The summed E-state index contributed by atoms with van der Waals surface area (Å²) >= 11 is 0. The van der Waals surface area contributed by atoms with Crippen LogP contribution in [0.25, 0.3) is 0 Å². The summed E-state index contributed by atoms with van der Waals surface area (Å²) in [6, 6.07) is -0.631. The first-order valence-electron chi connectivity index (χ1n) is 26.5. The molecule has 350 valence electrons. The minimum absolute atomic E-state index is 0.00294. The SMILES string of the molecule is CCCCCCCCCCCCCC/C=C/C(O)C(CO)NC(=O)CCCCCCCCCCCCCCCCCCOC(=O)CCCCCCCCCCCCCC. The molecule has 1 amide bonds. The van der Waals surface area contributed by atoms with Crippen LogP contribution < -0.4 is 5.32 Å². The fraction of sp³-hybridized carbons (Fsp3) is 0.925.